The maximum Gasteiger partial charge on any atom is 0.233 e. The van der Waals surface area contributed by atoms with Crippen LogP contribution in [0, 0.1) is 12.8 Å². The molecular weight excluding hydrogens is 290 g/mol. The lowest BCUT2D eigenvalue weighted by atomic mass is 10.1. The summed E-state index contributed by atoms with van der Waals surface area (Å²) in [6.07, 6.45) is 1.07. The van der Waals surface area contributed by atoms with Crippen molar-refractivity contribution in [3.8, 4) is 5.75 Å². The van der Waals surface area contributed by atoms with Crippen LogP contribution in [-0.4, -0.2) is 16.8 Å². The van der Waals surface area contributed by atoms with Crippen LogP contribution < -0.4 is 10.1 Å². The van der Waals surface area contributed by atoms with E-state index >= 15 is 0 Å². The Kier molecular flexibility index (Phi) is 6.16. The largest absolute Gasteiger partial charge is 0.494 e. The summed E-state index contributed by atoms with van der Waals surface area (Å²) < 4.78 is 11.2. The SMILES string of the molecule is Cc1nnc(C(C)NC(C)c2ccc(OCCC(C)C)cc2)o1. The van der Waals surface area contributed by atoms with Gasteiger partial charge in [-0.3, -0.25) is 5.32 Å². The van der Waals surface area contributed by atoms with Crippen molar-refractivity contribution in [3.63, 3.8) is 0 Å². The third kappa shape index (κ3) is 5.36. The molecule has 0 radical (unpaired) electrons. The molecular formula is C18H27N3O2. The molecule has 1 aromatic heterocycles. The summed E-state index contributed by atoms with van der Waals surface area (Å²) in [6.45, 7) is 11.1. The van der Waals surface area contributed by atoms with Crippen LogP contribution in [0.4, 0.5) is 0 Å². The molecule has 1 heterocycles. The zero-order valence-electron chi connectivity index (χ0n) is 14.7. The van der Waals surface area contributed by atoms with Crippen LogP contribution in [0.25, 0.3) is 0 Å². The highest BCUT2D eigenvalue weighted by Gasteiger charge is 2.16. The molecule has 2 aromatic rings. The average molecular weight is 317 g/mol. The molecule has 0 aliphatic carbocycles. The van der Waals surface area contributed by atoms with Gasteiger partial charge in [-0.05, 0) is 43.9 Å². The van der Waals surface area contributed by atoms with Crippen molar-refractivity contribution < 1.29 is 9.15 Å². The predicted octanol–water partition coefficient (Wildman–Crippen LogP) is 4.21. The first-order chi connectivity index (χ1) is 11.0. The molecule has 2 atom stereocenters. The van der Waals surface area contributed by atoms with Crippen LogP contribution in [-0.2, 0) is 0 Å². The normalized spacial score (nSPS) is 14.0. The van der Waals surface area contributed by atoms with E-state index in [1.165, 1.54) is 5.56 Å². The number of aromatic nitrogens is 2. The van der Waals surface area contributed by atoms with Gasteiger partial charge in [0.2, 0.25) is 11.8 Å². The van der Waals surface area contributed by atoms with Gasteiger partial charge < -0.3 is 9.15 Å². The summed E-state index contributed by atoms with van der Waals surface area (Å²) in [5.41, 5.74) is 1.20. The van der Waals surface area contributed by atoms with Gasteiger partial charge in [0.1, 0.15) is 5.75 Å². The van der Waals surface area contributed by atoms with Crippen molar-refractivity contribution in [1.82, 2.24) is 15.5 Å². The maximum atomic E-state index is 5.75. The van der Waals surface area contributed by atoms with Gasteiger partial charge in [0, 0.05) is 13.0 Å². The van der Waals surface area contributed by atoms with Crippen molar-refractivity contribution >= 4 is 0 Å². The van der Waals surface area contributed by atoms with Crippen molar-refractivity contribution in [2.75, 3.05) is 6.61 Å². The lowest BCUT2D eigenvalue weighted by Gasteiger charge is -2.18. The molecule has 0 amide bonds. The topological polar surface area (TPSA) is 60.2 Å². The van der Waals surface area contributed by atoms with Gasteiger partial charge in [0.15, 0.2) is 0 Å². The molecule has 0 aliphatic heterocycles. The zero-order valence-corrected chi connectivity index (χ0v) is 14.7. The van der Waals surface area contributed by atoms with E-state index in [2.05, 4.69) is 48.4 Å². The number of hydrogen-bond donors (Lipinski definition) is 1. The van der Waals surface area contributed by atoms with Crippen molar-refractivity contribution in [2.24, 2.45) is 5.92 Å². The minimum Gasteiger partial charge on any atom is -0.494 e. The van der Waals surface area contributed by atoms with Gasteiger partial charge in [0.25, 0.3) is 0 Å². The Morgan fingerprint density at radius 1 is 1.04 bits per heavy atom. The van der Waals surface area contributed by atoms with Gasteiger partial charge in [0.05, 0.1) is 12.6 Å². The summed E-state index contributed by atoms with van der Waals surface area (Å²) in [7, 11) is 0. The molecule has 5 nitrogen and oxygen atoms in total. The van der Waals surface area contributed by atoms with E-state index in [1.807, 2.05) is 19.1 Å². The summed E-state index contributed by atoms with van der Waals surface area (Å²) in [4.78, 5) is 0. The first-order valence-corrected chi connectivity index (χ1v) is 8.24. The van der Waals surface area contributed by atoms with E-state index in [4.69, 9.17) is 9.15 Å². The summed E-state index contributed by atoms with van der Waals surface area (Å²) in [5.74, 6) is 2.78. The molecule has 126 valence electrons. The second kappa shape index (κ2) is 8.11. The first-order valence-electron chi connectivity index (χ1n) is 8.24. The van der Waals surface area contributed by atoms with E-state index in [1.54, 1.807) is 6.92 Å². The number of rotatable bonds is 8. The number of hydrogen-bond acceptors (Lipinski definition) is 5. The number of benzene rings is 1. The van der Waals surface area contributed by atoms with Gasteiger partial charge >= 0.3 is 0 Å². The minimum absolute atomic E-state index is 0.00756. The summed E-state index contributed by atoms with van der Waals surface area (Å²) in [5, 5.41) is 11.4. The van der Waals surface area contributed by atoms with Crippen LogP contribution in [0.1, 0.15) is 63.5 Å². The fourth-order valence-corrected chi connectivity index (χ4v) is 2.29. The Bertz CT molecular complexity index is 593. The van der Waals surface area contributed by atoms with Crippen LogP contribution in [0.2, 0.25) is 0 Å². The van der Waals surface area contributed by atoms with E-state index in [9.17, 15) is 0 Å². The fourth-order valence-electron chi connectivity index (χ4n) is 2.29. The second-order valence-corrected chi connectivity index (χ2v) is 6.37. The van der Waals surface area contributed by atoms with E-state index in [-0.39, 0.29) is 12.1 Å². The molecule has 23 heavy (non-hydrogen) atoms. The molecule has 2 unspecified atom stereocenters. The van der Waals surface area contributed by atoms with Gasteiger partial charge in [-0.1, -0.05) is 26.0 Å². The lowest BCUT2D eigenvalue weighted by molar-refractivity contribution is 0.289. The third-order valence-corrected chi connectivity index (χ3v) is 3.76. The average Bonchev–Trinajstić information content (AvgIpc) is 2.94. The Hall–Kier alpha value is -1.88. The molecule has 0 aliphatic rings. The maximum absolute atomic E-state index is 5.75. The number of aryl methyl sites for hydroxylation is 1. The lowest BCUT2D eigenvalue weighted by Crippen LogP contribution is -2.22. The smallest absolute Gasteiger partial charge is 0.233 e. The molecule has 5 heteroatoms. The highest BCUT2D eigenvalue weighted by atomic mass is 16.5. The quantitative estimate of drug-likeness (QED) is 0.790. The number of nitrogens with one attached hydrogen (secondary N) is 1. The number of nitrogens with zero attached hydrogens (tertiary/aromatic N) is 2. The predicted molar refractivity (Wildman–Crippen MR) is 90.4 cm³/mol. The molecule has 0 bridgehead atoms. The first kappa shape index (κ1) is 17.5. The highest BCUT2D eigenvalue weighted by Crippen LogP contribution is 2.21. The number of ether oxygens (including phenoxy) is 1. The Balaban J connectivity index is 1.88. The summed E-state index contributed by atoms with van der Waals surface area (Å²) in [6, 6.07) is 8.42. The molecule has 0 saturated heterocycles. The van der Waals surface area contributed by atoms with Crippen molar-refractivity contribution in [1.29, 1.82) is 0 Å². The Morgan fingerprint density at radius 2 is 1.74 bits per heavy atom. The second-order valence-electron chi connectivity index (χ2n) is 6.37. The Morgan fingerprint density at radius 3 is 2.30 bits per heavy atom. The van der Waals surface area contributed by atoms with Crippen LogP contribution in [0.3, 0.4) is 0 Å². The van der Waals surface area contributed by atoms with Crippen molar-refractivity contribution in [3.05, 3.63) is 41.6 Å². The highest BCUT2D eigenvalue weighted by molar-refractivity contribution is 5.29. The van der Waals surface area contributed by atoms with Crippen LogP contribution in [0.15, 0.2) is 28.7 Å². The molecule has 0 saturated carbocycles. The third-order valence-electron chi connectivity index (χ3n) is 3.76. The molecule has 0 fully saturated rings. The zero-order chi connectivity index (χ0) is 16.8. The fraction of sp³-hybridized carbons (Fsp3) is 0.556. The monoisotopic (exact) mass is 317 g/mol. The minimum atomic E-state index is 0.00756. The van der Waals surface area contributed by atoms with E-state index in [0.717, 1.165) is 18.8 Å². The molecule has 2 rings (SSSR count). The van der Waals surface area contributed by atoms with E-state index < -0.39 is 0 Å². The van der Waals surface area contributed by atoms with Gasteiger partial charge in [-0.25, -0.2) is 0 Å². The molecule has 1 aromatic carbocycles. The Labute approximate surface area is 138 Å². The van der Waals surface area contributed by atoms with Crippen LogP contribution in [0.5, 0.6) is 5.75 Å². The summed E-state index contributed by atoms with van der Waals surface area (Å²) >= 11 is 0. The van der Waals surface area contributed by atoms with Crippen LogP contribution >= 0.6 is 0 Å². The van der Waals surface area contributed by atoms with Crippen molar-refractivity contribution in [2.45, 2.75) is 53.1 Å². The van der Waals surface area contributed by atoms with Gasteiger partial charge in [-0.15, -0.1) is 10.2 Å². The molecule has 1 N–H and O–H groups in total. The standard InChI is InChI=1S/C18H27N3O2/c1-12(2)10-11-22-17-8-6-16(7-9-17)13(3)19-14(4)18-21-20-15(5)23-18/h6-9,12-14,19H,10-11H2,1-5H3. The molecule has 0 spiro atoms. The van der Waals surface area contributed by atoms with E-state index in [0.29, 0.717) is 17.7 Å². The van der Waals surface area contributed by atoms with Gasteiger partial charge in [-0.2, -0.15) is 0 Å².